The topological polar surface area (TPSA) is 200 Å². The molecule has 12 nitrogen and oxygen atoms in total. The Morgan fingerprint density at radius 3 is 0.882 bits per heavy atom. The summed E-state index contributed by atoms with van der Waals surface area (Å²) in [7, 11) is 0. The van der Waals surface area contributed by atoms with E-state index in [0.717, 1.165) is 36.4 Å². The molecule has 3 aromatic rings. The van der Waals surface area contributed by atoms with E-state index in [2.05, 4.69) is 0 Å². The zero-order valence-corrected chi connectivity index (χ0v) is 20.3. The minimum absolute atomic E-state index is 0.691. The number of hydrogen-bond donors (Lipinski definition) is 6. The van der Waals surface area contributed by atoms with Gasteiger partial charge in [0.1, 0.15) is 0 Å². The van der Waals surface area contributed by atoms with Gasteiger partial charge < -0.3 is 0 Å². The van der Waals surface area contributed by atoms with Crippen LogP contribution in [0.4, 0.5) is 0 Å². The number of carbonyl (C=O) groups is 3. The fourth-order valence-corrected chi connectivity index (χ4v) is 5.69. The van der Waals surface area contributed by atoms with Gasteiger partial charge in [-0.3, -0.25) is 0 Å². The standard InChI is InChI=1S/3C7H6O4.Bi/c3*8-4-2-1-3-5(9)6(4)7(10)11;/h3*1-3,8-9H,(H,10,11);/q;;;+3/p-3. The second-order valence-corrected chi connectivity index (χ2v) is 10.2. The van der Waals surface area contributed by atoms with Crippen LogP contribution in [0.25, 0.3) is 0 Å². The average Bonchev–Trinajstić information content (AvgIpc) is 2.73. The van der Waals surface area contributed by atoms with Crippen molar-refractivity contribution in [2.75, 3.05) is 0 Å². The molecule has 0 atom stereocenters. The number of phenols is 6. The molecule has 13 heteroatoms. The second kappa shape index (κ2) is 10.1. The third-order valence-corrected chi connectivity index (χ3v) is 7.82. The zero-order chi connectivity index (χ0) is 25.0. The van der Waals surface area contributed by atoms with Gasteiger partial charge in [-0.25, -0.2) is 0 Å². The molecule has 0 heterocycles. The average molecular weight is 668 g/mol. The molecule has 0 radical (unpaired) electrons. The van der Waals surface area contributed by atoms with Gasteiger partial charge in [-0.05, 0) is 0 Å². The molecule has 0 aliphatic carbocycles. The number of carbonyl (C=O) groups excluding carboxylic acids is 3. The van der Waals surface area contributed by atoms with Crippen LogP contribution < -0.4 is 0 Å². The molecule has 0 unspecified atom stereocenters. The summed E-state index contributed by atoms with van der Waals surface area (Å²) in [5, 5.41) is 59.1. The molecular weight excluding hydrogens is 653 g/mol. The molecule has 0 aliphatic heterocycles. The Morgan fingerprint density at radius 2 is 0.676 bits per heavy atom. The third-order valence-electron chi connectivity index (χ3n) is 4.15. The van der Waals surface area contributed by atoms with Crippen LogP contribution in [0, 0.1) is 0 Å². The summed E-state index contributed by atoms with van der Waals surface area (Å²) < 4.78 is 14.9. The first kappa shape index (κ1) is 24.4. The molecule has 34 heavy (non-hydrogen) atoms. The van der Waals surface area contributed by atoms with Crippen molar-refractivity contribution in [2.24, 2.45) is 0 Å². The molecule has 0 saturated carbocycles. The van der Waals surface area contributed by atoms with Crippen LogP contribution in [0.1, 0.15) is 31.1 Å². The molecule has 0 aromatic heterocycles. The van der Waals surface area contributed by atoms with Crippen molar-refractivity contribution in [2.45, 2.75) is 0 Å². The van der Waals surface area contributed by atoms with Crippen molar-refractivity contribution in [1.29, 1.82) is 0 Å². The van der Waals surface area contributed by atoms with Crippen LogP contribution in [0.2, 0.25) is 0 Å². The van der Waals surface area contributed by atoms with Gasteiger partial charge >= 0.3 is 200 Å². The van der Waals surface area contributed by atoms with Crippen molar-refractivity contribution >= 4 is 41.0 Å². The van der Waals surface area contributed by atoms with Gasteiger partial charge in [0.25, 0.3) is 0 Å². The molecule has 6 N–H and O–H groups in total. The molecule has 3 rings (SSSR count). The molecule has 0 amide bonds. The summed E-state index contributed by atoms with van der Waals surface area (Å²) in [5.41, 5.74) is -2.15. The molecular formula is C21H15BiO12. The molecule has 0 spiro atoms. The van der Waals surface area contributed by atoms with Crippen LogP contribution in [0.5, 0.6) is 34.5 Å². The van der Waals surface area contributed by atoms with E-state index in [1.54, 1.807) is 0 Å². The first-order valence-corrected chi connectivity index (χ1v) is 13.4. The number of aromatic hydroxyl groups is 6. The number of benzene rings is 3. The van der Waals surface area contributed by atoms with Gasteiger partial charge in [0.15, 0.2) is 0 Å². The fraction of sp³-hybridized carbons (Fsp3) is 0. The second-order valence-electron chi connectivity index (χ2n) is 6.37. The minimum atomic E-state index is -5.06. The predicted octanol–water partition coefficient (Wildman–Crippen LogP) is 1.78. The van der Waals surface area contributed by atoms with E-state index >= 15 is 0 Å². The Hall–Kier alpha value is -4.25. The van der Waals surface area contributed by atoms with E-state index in [9.17, 15) is 45.0 Å². The molecule has 0 bridgehead atoms. The number of rotatable bonds is 6. The molecule has 0 fully saturated rings. The van der Waals surface area contributed by atoms with E-state index < -0.39 is 92.2 Å². The predicted molar refractivity (Wildman–Crippen MR) is 111 cm³/mol. The molecule has 3 aromatic carbocycles. The van der Waals surface area contributed by atoms with Crippen molar-refractivity contribution in [3.8, 4) is 34.5 Å². The first-order valence-electron chi connectivity index (χ1n) is 9.10. The van der Waals surface area contributed by atoms with Crippen molar-refractivity contribution in [3.63, 3.8) is 0 Å². The van der Waals surface area contributed by atoms with Gasteiger partial charge in [-0.1, -0.05) is 0 Å². The van der Waals surface area contributed by atoms with E-state index in [1.807, 2.05) is 0 Å². The molecule has 176 valence electrons. The van der Waals surface area contributed by atoms with E-state index in [-0.39, 0.29) is 0 Å². The summed E-state index contributed by atoms with van der Waals surface area (Å²) in [4.78, 5) is 37.6. The summed E-state index contributed by atoms with van der Waals surface area (Å²) >= 11 is -5.06. The Morgan fingerprint density at radius 1 is 0.471 bits per heavy atom. The fourth-order valence-electron chi connectivity index (χ4n) is 2.61. The number of hydrogen-bond acceptors (Lipinski definition) is 12. The monoisotopic (exact) mass is 668 g/mol. The Balaban J connectivity index is 1.93. The molecule has 0 aliphatic rings. The quantitative estimate of drug-likeness (QED) is 0.209. The van der Waals surface area contributed by atoms with Crippen LogP contribution in [-0.4, -0.2) is 71.6 Å². The number of phenolic OH excluding ortho intramolecular Hbond substituents is 6. The van der Waals surface area contributed by atoms with E-state index in [1.165, 1.54) is 18.2 Å². The summed E-state index contributed by atoms with van der Waals surface area (Å²) in [6, 6.07) is 10.0. The zero-order valence-electron chi connectivity index (χ0n) is 16.8. The third kappa shape index (κ3) is 5.21. The summed E-state index contributed by atoms with van der Waals surface area (Å²) in [6.07, 6.45) is 0. The molecule has 0 saturated heterocycles. The summed E-state index contributed by atoms with van der Waals surface area (Å²) in [6.45, 7) is 0. The van der Waals surface area contributed by atoms with Crippen molar-refractivity contribution in [3.05, 3.63) is 71.3 Å². The first-order chi connectivity index (χ1) is 16.1. The SMILES string of the molecule is O=C([O][Bi]([O]C(=O)c1c(O)cccc1O)[O]C(=O)c1c(O)cccc1O)c1c(O)cccc1O. The Labute approximate surface area is 200 Å². The van der Waals surface area contributed by atoms with Gasteiger partial charge in [-0.15, -0.1) is 0 Å². The normalized spacial score (nSPS) is 10.5. The van der Waals surface area contributed by atoms with Gasteiger partial charge in [0.2, 0.25) is 0 Å². The maximum atomic E-state index is 12.5. The van der Waals surface area contributed by atoms with Gasteiger partial charge in [0.05, 0.1) is 0 Å². The van der Waals surface area contributed by atoms with Crippen LogP contribution in [0.3, 0.4) is 0 Å². The van der Waals surface area contributed by atoms with E-state index in [0.29, 0.717) is 0 Å². The Kier molecular flexibility index (Phi) is 7.27. The van der Waals surface area contributed by atoms with Crippen LogP contribution >= 0.6 is 0 Å². The summed E-state index contributed by atoms with van der Waals surface area (Å²) in [5.74, 6) is -8.41. The van der Waals surface area contributed by atoms with Crippen molar-refractivity contribution in [1.82, 2.24) is 0 Å². The van der Waals surface area contributed by atoms with E-state index in [4.69, 9.17) is 8.44 Å². The van der Waals surface area contributed by atoms with Gasteiger partial charge in [-0.2, -0.15) is 0 Å². The Bertz CT molecular complexity index is 1060. The van der Waals surface area contributed by atoms with Crippen LogP contribution in [0.15, 0.2) is 54.6 Å². The van der Waals surface area contributed by atoms with Crippen LogP contribution in [-0.2, 0) is 8.44 Å². The van der Waals surface area contributed by atoms with Crippen molar-refractivity contribution < 1.29 is 53.5 Å². The maximum absolute atomic E-state index is 12.5. The van der Waals surface area contributed by atoms with Gasteiger partial charge in [0, 0.05) is 0 Å².